The summed E-state index contributed by atoms with van der Waals surface area (Å²) in [5.41, 5.74) is 0. The molecule has 0 unspecified atom stereocenters. The average molecular weight is 330 g/mol. The number of carboxylic acid groups (broad SMARTS) is 1. The van der Waals surface area contributed by atoms with Crippen LogP contribution >= 0.6 is 34.9 Å². The molecule has 0 saturated carbocycles. The summed E-state index contributed by atoms with van der Waals surface area (Å²) >= 11 is 4.45. The lowest BCUT2D eigenvalue weighted by atomic mass is 10.4. The van der Waals surface area contributed by atoms with Crippen molar-refractivity contribution in [2.75, 3.05) is 11.6 Å². The summed E-state index contributed by atoms with van der Waals surface area (Å²) in [5, 5.41) is 17.6. The first-order chi connectivity index (χ1) is 9.61. The van der Waals surface area contributed by atoms with Crippen molar-refractivity contribution in [2.45, 2.75) is 23.6 Å². The lowest BCUT2D eigenvalue weighted by molar-refractivity contribution is 0.0702. The molecule has 2 heterocycles. The van der Waals surface area contributed by atoms with Crippen molar-refractivity contribution in [1.82, 2.24) is 14.9 Å². The van der Waals surface area contributed by atoms with Crippen molar-refractivity contribution >= 4 is 40.8 Å². The maximum Gasteiger partial charge on any atom is 0.345 e. The number of thiophene rings is 1. The Labute approximate surface area is 128 Å². The number of aromatic nitrogens is 3. The fourth-order valence-electron chi connectivity index (χ4n) is 1.40. The highest BCUT2D eigenvalue weighted by Gasteiger charge is 2.12. The molecule has 0 spiro atoms. The molecule has 9 heteroatoms. The second-order valence-electron chi connectivity index (χ2n) is 3.77. The predicted octanol–water partition coefficient (Wildman–Crippen LogP) is 2.30. The molecule has 0 saturated heterocycles. The van der Waals surface area contributed by atoms with Gasteiger partial charge in [-0.25, -0.2) is 9.47 Å². The molecule has 2 aromatic heterocycles. The number of nitrogens with two attached hydrogens (primary N) is 1. The van der Waals surface area contributed by atoms with Crippen molar-refractivity contribution in [2.24, 2.45) is 0 Å². The van der Waals surface area contributed by atoms with Crippen LogP contribution < -0.4 is 5.84 Å². The molecule has 0 amide bonds. The highest BCUT2D eigenvalue weighted by atomic mass is 32.2. The van der Waals surface area contributed by atoms with Crippen LogP contribution in [0.3, 0.4) is 0 Å². The van der Waals surface area contributed by atoms with E-state index in [0.29, 0.717) is 15.8 Å². The number of aromatic carboxylic acids is 1. The Morgan fingerprint density at radius 2 is 2.25 bits per heavy atom. The maximum absolute atomic E-state index is 10.8. The minimum atomic E-state index is -0.896. The number of hydrogen-bond acceptors (Lipinski definition) is 7. The molecule has 20 heavy (non-hydrogen) atoms. The predicted molar refractivity (Wildman–Crippen MR) is 82.8 cm³/mol. The quantitative estimate of drug-likeness (QED) is 0.594. The normalized spacial score (nSPS) is 10.8. The van der Waals surface area contributed by atoms with Crippen molar-refractivity contribution < 1.29 is 9.90 Å². The van der Waals surface area contributed by atoms with Crippen molar-refractivity contribution in [3.8, 4) is 0 Å². The van der Waals surface area contributed by atoms with Crippen LogP contribution in [0.1, 0.15) is 27.3 Å². The third-order valence-corrected chi connectivity index (χ3v) is 5.50. The van der Waals surface area contributed by atoms with Gasteiger partial charge in [-0.1, -0.05) is 18.7 Å². The molecule has 0 fully saturated rings. The maximum atomic E-state index is 10.8. The molecule has 108 valence electrons. The van der Waals surface area contributed by atoms with E-state index < -0.39 is 5.97 Å². The first kappa shape index (κ1) is 15.2. The Kier molecular flexibility index (Phi) is 5.32. The molecular formula is C11H14N4O2S3. The van der Waals surface area contributed by atoms with E-state index in [2.05, 4.69) is 17.1 Å². The summed E-state index contributed by atoms with van der Waals surface area (Å²) in [6.45, 7) is 2.08. The van der Waals surface area contributed by atoms with Crippen LogP contribution in [0, 0.1) is 0 Å². The molecule has 0 aliphatic rings. The van der Waals surface area contributed by atoms with Crippen LogP contribution in [0.5, 0.6) is 0 Å². The highest BCUT2D eigenvalue weighted by molar-refractivity contribution is 7.98. The Balaban J connectivity index is 1.96. The van der Waals surface area contributed by atoms with Gasteiger partial charge in [-0.15, -0.1) is 21.5 Å². The van der Waals surface area contributed by atoms with Crippen LogP contribution in [0.4, 0.5) is 0 Å². The van der Waals surface area contributed by atoms with E-state index in [4.69, 9.17) is 10.9 Å². The highest BCUT2D eigenvalue weighted by Crippen LogP contribution is 2.26. The minimum Gasteiger partial charge on any atom is -0.477 e. The van der Waals surface area contributed by atoms with Gasteiger partial charge in [-0.3, -0.25) is 0 Å². The third-order valence-electron chi connectivity index (χ3n) is 2.39. The summed E-state index contributed by atoms with van der Waals surface area (Å²) < 4.78 is 1.50. The number of rotatable bonds is 7. The van der Waals surface area contributed by atoms with Crippen LogP contribution in [0.15, 0.2) is 17.3 Å². The van der Waals surface area contributed by atoms with Crippen LogP contribution in [-0.2, 0) is 11.5 Å². The molecule has 2 rings (SSSR count). The molecule has 6 nitrogen and oxygen atoms in total. The molecule has 0 atom stereocenters. The lowest BCUT2D eigenvalue weighted by Gasteiger charge is -2.02. The standard InChI is InChI=1S/C11H14N4O2S3/c1-2-18-6-9-13-14-11(15(9)12)19-5-7-3-4-8(20-7)10(16)17/h3-4H,2,5-6,12H2,1H3,(H,16,17). The second kappa shape index (κ2) is 7.00. The number of carboxylic acids is 1. The number of nitrogen functional groups attached to an aromatic ring is 1. The van der Waals surface area contributed by atoms with E-state index in [-0.39, 0.29) is 0 Å². The average Bonchev–Trinajstić information content (AvgIpc) is 3.02. The van der Waals surface area contributed by atoms with E-state index >= 15 is 0 Å². The van der Waals surface area contributed by atoms with Gasteiger partial charge in [0.05, 0.1) is 5.75 Å². The molecule has 0 radical (unpaired) electrons. The topological polar surface area (TPSA) is 94.0 Å². The number of carbonyl (C=O) groups is 1. The summed E-state index contributed by atoms with van der Waals surface area (Å²) in [5.74, 6) is 8.15. The summed E-state index contributed by atoms with van der Waals surface area (Å²) in [6, 6.07) is 3.42. The smallest absolute Gasteiger partial charge is 0.345 e. The zero-order valence-corrected chi connectivity index (χ0v) is 13.2. The van der Waals surface area contributed by atoms with Gasteiger partial charge in [0.25, 0.3) is 0 Å². The summed E-state index contributed by atoms with van der Waals surface area (Å²) in [6.07, 6.45) is 0. The molecule has 3 N–H and O–H groups in total. The summed E-state index contributed by atoms with van der Waals surface area (Å²) in [7, 11) is 0. The lowest BCUT2D eigenvalue weighted by Crippen LogP contribution is -2.13. The molecule has 0 bridgehead atoms. The van der Waals surface area contributed by atoms with E-state index in [9.17, 15) is 4.79 Å². The Hall–Kier alpha value is -1.19. The number of hydrogen-bond donors (Lipinski definition) is 2. The van der Waals surface area contributed by atoms with Gasteiger partial charge in [0, 0.05) is 10.6 Å². The fraction of sp³-hybridized carbons (Fsp3) is 0.364. The molecule has 0 aromatic carbocycles. The number of thioether (sulfide) groups is 2. The van der Waals surface area contributed by atoms with Crippen LogP contribution in [0.2, 0.25) is 0 Å². The van der Waals surface area contributed by atoms with Gasteiger partial charge in [0.15, 0.2) is 5.82 Å². The van der Waals surface area contributed by atoms with E-state index in [1.54, 1.807) is 17.8 Å². The first-order valence-corrected chi connectivity index (χ1v) is 8.79. The zero-order valence-electron chi connectivity index (χ0n) is 10.8. The van der Waals surface area contributed by atoms with E-state index in [1.165, 1.54) is 27.8 Å². The van der Waals surface area contributed by atoms with Crippen LogP contribution in [0.25, 0.3) is 0 Å². The Bertz CT molecular complexity index is 596. The van der Waals surface area contributed by atoms with Crippen molar-refractivity contribution in [1.29, 1.82) is 0 Å². The van der Waals surface area contributed by atoms with Gasteiger partial charge >= 0.3 is 5.97 Å². The SMILES string of the molecule is CCSCc1nnc(SCc2ccc(C(=O)O)s2)n1N. The van der Waals surface area contributed by atoms with Crippen molar-refractivity contribution in [3.63, 3.8) is 0 Å². The molecule has 0 aliphatic heterocycles. The zero-order chi connectivity index (χ0) is 14.5. The Morgan fingerprint density at radius 1 is 1.45 bits per heavy atom. The third kappa shape index (κ3) is 3.68. The Morgan fingerprint density at radius 3 is 2.90 bits per heavy atom. The van der Waals surface area contributed by atoms with Gasteiger partial charge in [0.1, 0.15) is 4.88 Å². The van der Waals surface area contributed by atoms with Gasteiger partial charge in [-0.05, 0) is 17.9 Å². The second-order valence-corrected chi connectivity index (χ2v) is 7.15. The van der Waals surface area contributed by atoms with Gasteiger partial charge in [0.2, 0.25) is 5.16 Å². The van der Waals surface area contributed by atoms with Gasteiger partial charge < -0.3 is 10.9 Å². The largest absolute Gasteiger partial charge is 0.477 e. The summed E-state index contributed by atoms with van der Waals surface area (Å²) in [4.78, 5) is 12.1. The number of nitrogens with zero attached hydrogens (tertiary/aromatic N) is 3. The molecular weight excluding hydrogens is 316 g/mol. The molecule has 0 aliphatic carbocycles. The fourth-order valence-corrected chi connectivity index (χ4v) is 3.75. The molecule has 2 aromatic rings. The van der Waals surface area contributed by atoms with Crippen molar-refractivity contribution in [3.05, 3.63) is 27.7 Å². The van der Waals surface area contributed by atoms with E-state index in [0.717, 1.165) is 22.2 Å². The monoisotopic (exact) mass is 330 g/mol. The minimum absolute atomic E-state index is 0.342. The van der Waals surface area contributed by atoms with E-state index in [1.807, 2.05) is 6.07 Å². The van der Waals surface area contributed by atoms with Crippen LogP contribution in [-0.4, -0.2) is 31.7 Å². The first-order valence-electron chi connectivity index (χ1n) is 5.83. The van der Waals surface area contributed by atoms with Gasteiger partial charge in [-0.2, -0.15) is 11.8 Å².